The summed E-state index contributed by atoms with van der Waals surface area (Å²) in [6.07, 6.45) is -7.35. The second-order valence-electron chi connectivity index (χ2n) is 2.57. The van der Waals surface area contributed by atoms with E-state index < -0.39 is 30.4 Å². The molecule has 7 N–H and O–H groups in total. The molecule has 4 atom stereocenters. The number of aliphatic carboxylic acids is 1. The van der Waals surface area contributed by atoms with Crippen LogP contribution >= 0.6 is 0 Å². The van der Waals surface area contributed by atoms with Crippen LogP contribution in [0.2, 0.25) is 0 Å². The molecule has 0 bridgehead atoms. The molecular formula is C6H13NO6. The number of aliphatic hydroxyl groups excluding tert-OH is 4. The maximum Gasteiger partial charge on any atom is 0.335 e. The van der Waals surface area contributed by atoms with Crippen LogP contribution < -0.4 is 5.73 Å². The Balaban J connectivity index is 4.24. The summed E-state index contributed by atoms with van der Waals surface area (Å²) in [6, 6.07) is 0. The predicted molar refractivity (Wildman–Crippen MR) is 40.7 cm³/mol. The lowest BCUT2D eigenvalue weighted by atomic mass is 10.0. The Hall–Kier alpha value is -0.730. The van der Waals surface area contributed by atoms with Crippen molar-refractivity contribution in [3.63, 3.8) is 0 Å². The number of carbonyl (C=O) groups is 1. The van der Waals surface area contributed by atoms with Crippen molar-refractivity contribution in [1.82, 2.24) is 0 Å². The van der Waals surface area contributed by atoms with Crippen LogP contribution in [0.15, 0.2) is 0 Å². The summed E-state index contributed by atoms with van der Waals surface area (Å²) in [6.45, 7) is -0.343. The minimum absolute atomic E-state index is 0.343. The first-order valence-corrected chi connectivity index (χ1v) is 3.57. The maximum atomic E-state index is 10.1. The normalized spacial score (nSPS) is 20.4. The third-order valence-corrected chi connectivity index (χ3v) is 1.56. The van der Waals surface area contributed by atoms with Gasteiger partial charge in [0.1, 0.15) is 12.2 Å². The number of nitrogens with two attached hydrogens (primary N) is 1. The highest BCUT2D eigenvalue weighted by Crippen LogP contribution is 2.04. The van der Waals surface area contributed by atoms with Gasteiger partial charge in [-0.1, -0.05) is 0 Å². The van der Waals surface area contributed by atoms with Gasteiger partial charge < -0.3 is 31.3 Å². The SMILES string of the molecule is NC[C@@H](O)[C@H](O)[C@@H](O)[C@@H](O)C(=O)O. The molecule has 0 saturated carbocycles. The van der Waals surface area contributed by atoms with Crippen molar-refractivity contribution >= 4 is 5.97 Å². The van der Waals surface area contributed by atoms with Gasteiger partial charge in [-0.25, -0.2) is 4.79 Å². The van der Waals surface area contributed by atoms with Crippen molar-refractivity contribution in [3.05, 3.63) is 0 Å². The first-order chi connectivity index (χ1) is 5.91. The average molecular weight is 195 g/mol. The lowest BCUT2D eigenvalue weighted by Crippen LogP contribution is -2.49. The largest absolute Gasteiger partial charge is 0.479 e. The Morgan fingerprint density at radius 1 is 1.15 bits per heavy atom. The monoisotopic (exact) mass is 195 g/mol. The molecule has 0 fully saturated rings. The van der Waals surface area contributed by atoms with Gasteiger partial charge in [0.05, 0.1) is 6.10 Å². The fourth-order valence-corrected chi connectivity index (χ4v) is 0.700. The molecule has 7 heteroatoms. The van der Waals surface area contributed by atoms with Gasteiger partial charge in [-0.2, -0.15) is 0 Å². The molecule has 0 aromatic heterocycles. The highest BCUT2D eigenvalue weighted by molar-refractivity contribution is 5.72. The predicted octanol–water partition coefficient (Wildman–Crippen LogP) is -3.53. The van der Waals surface area contributed by atoms with E-state index in [1.165, 1.54) is 0 Å². The van der Waals surface area contributed by atoms with E-state index in [1.807, 2.05) is 0 Å². The molecular weight excluding hydrogens is 182 g/mol. The van der Waals surface area contributed by atoms with Gasteiger partial charge in [-0.15, -0.1) is 0 Å². The fraction of sp³-hybridized carbons (Fsp3) is 0.833. The zero-order valence-electron chi connectivity index (χ0n) is 6.74. The number of rotatable bonds is 5. The Morgan fingerprint density at radius 2 is 1.62 bits per heavy atom. The summed E-state index contributed by atoms with van der Waals surface area (Å²) < 4.78 is 0. The molecule has 0 radical (unpaired) electrons. The molecule has 0 aliphatic rings. The van der Waals surface area contributed by atoms with Crippen molar-refractivity contribution < 1.29 is 30.3 Å². The van der Waals surface area contributed by atoms with E-state index in [4.69, 9.17) is 31.3 Å². The van der Waals surface area contributed by atoms with Crippen molar-refractivity contribution in [2.45, 2.75) is 24.4 Å². The van der Waals surface area contributed by atoms with E-state index in [0.29, 0.717) is 0 Å². The quantitative estimate of drug-likeness (QED) is 0.266. The van der Waals surface area contributed by atoms with Crippen LogP contribution in [0.4, 0.5) is 0 Å². The average Bonchev–Trinajstić information content (AvgIpc) is 2.12. The number of hydrogen-bond donors (Lipinski definition) is 6. The first-order valence-electron chi connectivity index (χ1n) is 3.57. The molecule has 7 nitrogen and oxygen atoms in total. The summed E-state index contributed by atoms with van der Waals surface area (Å²) in [4.78, 5) is 10.1. The zero-order valence-corrected chi connectivity index (χ0v) is 6.74. The Labute approximate surface area is 74.0 Å². The molecule has 0 aliphatic heterocycles. The lowest BCUT2D eigenvalue weighted by Gasteiger charge is -2.23. The number of carboxylic acids is 1. The summed E-state index contributed by atoms with van der Waals surface area (Å²) in [5, 5.41) is 43.8. The van der Waals surface area contributed by atoms with Crippen molar-refractivity contribution in [3.8, 4) is 0 Å². The summed E-state index contributed by atoms with van der Waals surface area (Å²) in [5.74, 6) is -1.68. The van der Waals surface area contributed by atoms with E-state index in [9.17, 15) is 4.79 Å². The number of aliphatic hydroxyl groups is 4. The Kier molecular flexibility index (Phi) is 4.81. The smallest absolute Gasteiger partial charge is 0.335 e. The molecule has 0 heterocycles. The van der Waals surface area contributed by atoms with Crippen LogP contribution in [0, 0.1) is 0 Å². The van der Waals surface area contributed by atoms with Gasteiger partial charge in [0.25, 0.3) is 0 Å². The van der Waals surface area contributed by atoms with Crippen molar-refractivity contribution in [2.75, 3.05) is 6.54 Å². The lowest BCUT2D eigenvalue weighted by molar-refractivity contribution is -0.162. The van der Waals surface area contributed by atoms with Crippen LogP contribution in [0.1, 0.15) is 0 Å². The van der Waals surface area contributed by atoms with Gasteiger partial charge in [0.2, 0.25) is 0 Å². The fourth-order valence-electron chi connectivity index (χ4n) is 0.700. The second kappa shape index (κ2) is 5.10. The van der Waals surface area contributed by atoms with E-state index in [1.54, 1.807) is 0 Å². The van der Waals surface area contributed by atoms with E-state index in [2.05, 4.69) is 0 Å². The third-order valence-electron chi connectivity index (χ3n) is 1.56. The minimum Gasteiger partial charge on any atom is -0.479 e. The van der Waals surface area contributed by atoms with E-state index >= 15 is 0 Å². The Morgan fingerprint density at radius 3 is 1.92 bits per heavy atom. The molecule has 0 aromatic carbocycles. The van der Waals surface area contributed by atoms with Crippen LogP contribution in [-0.4, -0.2) is 62.5 Å². The van der Waals surface area contributed by atoms with Gasteiger partial charge in [0.15, 0.2) is 6.10 Å². The molecule has 0 aliphatic carbocycles. The second-order valence-corrected chi connectivity index (χ2v) is 2.57. The van der Waals surface area contributed by atoms with E-state index in [0.717, 1.165) is 0 Å². The maximum absolute atomic E-state index is 10.1. The van der Waals surface area contributed by atoms with E-state index in [-0.39, 0.29) is 6.54 Å². The first kappa shape index (κ1) is 12.3. The number of carboxylic acid groups (broad SMARTS) is 1. The molecule has 0 saturated heterocycles. The van der Waals surface area contributed by atoms with Crippen LogP contribution in [0.5, 0.6) is 0 Å². The molecule has 0 aromatic rings. The summed E-state index contributed by atoms with van der Waals surface area (Å²) >= 11 is 0. The molecule has 0 amide bonds. The van der Waals surface area contributed by atoms with Crippen molar-refractivity contribution in [1.29, 1.82) is 0 Å². The summed E-state index contributed by atoms with van der Waals surface area (Å²) in [5.41, 5.74) is 4.94. The highest BCUT2D eigenvalue weighted by atomic mass is 16.4. The van der Waals surface area contributed by atoms with Gasteiger partial charge in [-0.3, -0.25) is 0 Å². The molecule has 0 rings (SSSR count). The third kappa shape index (κ3) is 3.25. The highest BCUT2D eigenvalue weighted by Gasteiger charge is 2.33. The van der Waals surface area contributed by atoms with Crippen LogP contribution in [0.3, 0.4) is 0 Å². The molecule has 78 valence electrons. The van der Waals surface area contributed by atoms with Gasteiger partial charge in [0, 0.05) is 6.54 Å². The minimum atomic E-state index is -2.14. The van der Waals surface area contributed by atoms with Crippen molar-refractivity contribution in [2.24, 2.45) is 5.73 Å². The zero-order chi connectivity index (χ0) is 10.6. The Bertz CT molecular complexity index is 175. The molecule has 0 spiro atoms. The van der Waals surface area contributed by atoms with Gasteiger partial charge >= 0.3 is 5.97 Å². The van der Waals surface area contributed by atoms with Gasteiger partial charge in [-0.05, 0) is 0 Å². The topological polar surface area (TPSA) is 144 Å². The molecule has 13 heavy (non-hydrogen) atoms. The molecule has 0 unspecified atom stereocenters. The van der Waals surface area contributed by atoms with Crippen LogP contribution in [-0.2, 0) is 4.79 Å². The number of hydrogen-bond acceptors (Lipinski definition) is 6. The standard InChI is InChI=1S/C6H13NO6/c7-1-2(8)3(9)4(10)5(11)6(12)13/h2-5,8-11H,1,7H2,(H,12,13)/t2-,3+,4-,5-/m1/s1. The van der Waals surface area contributed by atoms with Crippen LogP contribution in [0.25, 0.3) is 0 Å². The summed E-state index contributed by atoms with van der Waals surface area (Å²) in [7, 11) is 0.